The lowest BCUT2D eigenvalue weighted by molar-refractivity contribution is 0.0951. The highest BCUT2D eigenvalue weighted by Gasteiger charge is 2.21. The van der Waals surface area contributed by atoms with Crippen LogP contribution in [0.5, 0.6) is 5.75 Å². The summed E-state index contributed by atoms with van der Waals surface area (Å²) in [7, 11) is 0. The Bertz CT molecular complexity index is 947. The molecule has 130 valence electrons. The number of nitrogens with one attached hydrogen (secondary N) is 2. The maximum atomic E-state index is 12.8. The number of fused-ring (bicyclic) bond motifs is 1. The highest BCUT2D eigenvalue weighted by atomic mass is 19.1. The number of aromatic amines is 1. The molecule has 0 spiro atoms. The molecule has 3 aromatic rings. The van der Waals surface area contributed by atoms with E-state index in [2.05, 4.69) is 15.3 Å². The van der Waals surface area contributed by atoms with Gasteiger partial charge in [0.25, 0.3) is 11.5 Å². The largest absolute Gasteiger partial charge is 0.494 e. The summed E-state index contributed by atoms with van der Waals surface area (Å²) in [4.78, 5) is 30.6. The van der Waals surface area contributed by atoms with E-state index in [9.17, 15) is 14.0 Å². The first kappa shape index (κ1) is 16.7. The van der Waals surface area contributed by atoms with Crippen LogP contribution in [0.1, 0.15) is 22.5 Å². The molecule has 1 amide bonds. The molecule has 0 fully saturated rings. The van der Waals surface area contributed by atoms with Crippen LogP contribution in [0, 0.1) is 12.7 Å². The molecule has 0 bridgehead atoms. The van der Waals surface area contributed by atoms with Crippen LogP contribution in [-0.4, -0.2) is 29.0 Å². The lowest BCUT2D eigenvalue weighted by atomic mass is 10.2. The SMILES string of the molecule is Cc1oc2nc[nH]c(=O)c2c1C(=O)NCCCOc1ccc(F)cc1. The molecule has 0 aliphatic heterocycles. The molecule has 8 heteroatoms. The number of aryl methyl sites for hydroxylation is 1. The summed E-state index contributed by atoms with van der Waals surface area (Å²) in [5.41, 5.74) is -0.110. The quantitative estimate of drug-likeness (QED) is 0.667. The summed E-state index contributed by atoms with van der Waals surface area (Å²) in [6, 6.07) is 5.70. The second-order valence-corrected chi connectivity index (χ2v) is 5.36. The highest BCUT2D eigenvalue weighted by Crippen LogP contribution is 2.20. The van der Waals surface area contributed by atoms with E-state index in [1.807, 2.05) is 0 Å². The van der Waals surface area contributed by atoms with Crippen molar-refractivity contribution in [3.8, 4) is 5.75 Å². The van der Waals surface area contributed by atoms with Crippen molar-refractivity contribution in [2.75, 3.05) is 13.2 Å². The van der Waals surface area contributed by atoms with E-state index in [4.69, 9.17) is 9.15 Å². The molecule has 1 aromatic carbocycles. The summed E-state index contributed by atoms with van der Waals surface area (Å²) in [6.07, 6.45) is 1.77. The van der Waals surface area contributed by atoms with Gasteiger partial charge < -0.3 is 19.5 Å². The minimum absolute atomic E-state index is 0.131. The number of rotatable bonds is 6. The predicted octanol–water partition coefficient (Wildman–Crippen LogP) is 2.16. The van der Waals surface area contributed by atoms with Crippen LogP contribution in [0.15, 0.2) is 39.8 Å². The number of nitrogens with zero attached hydrogens (tertiary/aromatic N) is 1. The molecule has 25 heavy (non-hydrogen) atoms. The minimum atomic E-state index is -0.424. The second-order valence-electron chi connectivity index (χ2n) is 5.36. The Kier molecular flexibility index (Phi) is 4.78. The number of furan rings is 1. The molecule has 0 saturated carbocycles. The first-order chi connectivity index (χ1) is 12.1. The van der Waals surface area contributed by atoms with Crippen molar-refractivity contribution in [1.29, 1.82) is 0 Å². The molecule has 7 nitrogen and oxygen atoms in total. The predicted molar refractivity (Wildman–Crippen MR) is 88.2 cm³/mol. The maximum Gasteiger partial charge on any atom is 0.262 e. The monoisotopic (exact) mass is 345 g/mol. The van der Waals surface area contributed by atoms with Crippen LogP contribution >= 0.6 is 0 Å². The molecule has 0 saturated heterocycles. The molecule has 2 heterocycles. The van der Waals surface area contributed by atoms with Crippen LogP contribution in [0.25, 0.3) is 11.1 Å². The topological polar surface area (TPSA) is 97.2 Å². The van der Waals surface area contributed by atoms with Crippen molar-refractivity contribution in [3.63, 3.8) is 0 Å². The van der Waals surface area contributed by atoms with E-state index in [1.165, 1.54) is 30.6 Å². The maximum absolute atomic E-state index is 12.8. The Morgan fingerprint density at radius 3 is 2.88 bits per heavy atom. The third kappa shape index (κ3) is 3.68. The molecular weight excluding hydrogens is 329 g/mol. The van der Waals surface area contributed by atoms with Gasteiger partial charge in [0.05, 0.1) is 18.5 Å². The van der Waals surface area contributed by atoms with Gasteiger partial charge in [0.15, 0.2) is 0 Å². The summed E-state index contributed by atoms with van der Waals surface area (Å²) >= 11 is 0. The van der Waals surface area contributed by atoms with Gasteiger partial charge >= 0.3 is 0 Å². The van der Waals surface area contributed by atoms with Gasteiger partial charge in [-0.05, 0) is 37.6 Å². The first-order valence-corrected chi connectivity index (χ1v) is 7.69. The zero-order valence-electron chi connectivity index (χ0n) is 13.5. The Hall–Kier alpha value is -3.16. The Morgan fingerprint density at radius 2 is 2.12 bits per heavy atom. The average molecular weight is 345 g/mol. The molecule has 0 aliphatic rings. The Morgan fingerprint density at radius 1 is 1.36 bits per heavy atom. The van der Waals surface area contributed by atoms with Crippen molar-refractivity contribution < 1.29 is 18.3 Å². The van der Waals surface area contributed by atoms with E-state index in [0.717, 1.165) is 0 Å². The van der Waals surface area contributed by atoms with E-state index >= 15 is 0 Å². The lowest BCUT2D eigenvalue weighted by Crippen LogP contribution is -2.27. The van der Waals surface area contributed by atoms with Crippen molar-refractivity contribution in [1.82, 2.24) is 15.3 Å². The molecule has 0 radical (unpaired) electrons. The number of carbonyl (C=O) groups excluding carboxylic acids is 1. The van der Waals surface area contributed by atoms with Crippen LogP contribution in [0.4, 0.5) is 4.39 Å². The zero-order chi connectivity index (χ0) is 17.8. The van der Waals surface area contributed by atoms with Gasteiger partial charge in [0.2, 0.25) is 5.71 Å². The van der Waals surface area contributed by atoms with Crippen LogP contribution < -0.4 is 15.6 Å². The van der Waals surface area contributed by atoms with Crippen molar-refractivity contribution in [2.45, 2.75) is 13.3 Å². The van der Waals surface area contributed by atoms with Gasteiger partial charge in [-0.3, -0.25) is 9.59 Å². The van der Waals surface area contributed by atoms with E-state index in [1.54, 1.807) is 6.92 Å². The van der Waals surface area contributed by atoms with Crippen LogP contribution in [0.2, 0.25) is 0 Å². The van der Waals surface area contributed by atoms with Gasteiger partial charge in [0.1, 0.15) is 22.7 Å². The molecule has 3 rings (SSSR count). The summed E-state index contributed by atoms with van der Waals surface area (Å²) < 4.78 is 23.6. The van der Waals surface area contributed by atoms with Crippen LogP contribution in [-0.2, 0) is 0 Å². The fourth-order valence-electron chi connectivity index (χ4n) is 2.41. The number of hydrogen-bond donors (Lipinski definition) is 2. The minimum Gasteiger partial charge on any atom is -0.494 e. The number of carbonyl (C=O) groups is 1. The number of ether oxygens (including phenoxy) is 1. The van der Waals surface area contributed by atoms with Crippen LogP contribution in [0.3, 0.4) is 0 Å². The average Bonchev–Trinajstić information content (AvgIpc) is 2.93. The fraction of sp³-hybridized carbons (Fsp3) is 0.235. The normalized spacial score (nSPS) is 10.8. The molecular formula is C17H16FN3O4. The molecule has 2 aromatic heterocycles. The fourth-order valence-corrected chi connectivity index (χ4v) is 2.41. The summed E-state index contributed by atoms with van der Waals surface area (Å²) in [5, 5.41) is 2.86. The third-order valence-electron chi connectivity index (χ3n) is 3.59. The lowest BCUT2D eigenvalue weighted by Gasteiger charge is -2.07. The number of benzene rings is 1. The van der Waals surface area contributed by atoms with E-state index in [-0.39, 0.29) is 22.5 Å². The molecule has 0 unspecified atom stereocenters. The zero-order valence-corrected chi connectivity index (χ0v) is 13.5. The number of hydrogen-bond acceptors (Lipinski definition) is 5. The van der Waals surface area contributed by atoms with Crippen molar-refractivity contribution >= 4 is 17.0 Å². The first-order valence-electron chi connectivity index (χ1n) is 7.69. The standard InChI is InChI=1S/C17H16FN3O4/c1-10-13(14-16(23)20-9-21-17(14)25-10)15(22)19-7-2-8-24-12-5-3-11(18)4-6-12/h3-6,9H,2,7-8H2,1H3,(H,19,22)(H,20,21,23). The summed E-state index contributed by atoms with van der Waals surface area (Å²) in [5.74, 6) is 0.157. The number of aromatic nitrogens is 2. The van der Waals surface area contributed by atoms with Crippen molar-refractivity contribution in [3.05, 3.63) is 58.1 Å². The second kappa shape index (κ2) is 7.16. The molecule has 0 aliphatic carbocycles. The number of H-pyrrole nitrogens is 1. The third-order valence-corrected chi connectivity index (χ3v) is 3.59. The molecule has 2 N–H and O–H groups in total. The van der Waals surface area contributed by atoms with Gasteiger partial charge in [-0.1, -0.05) is 0 Å². The van der Waals surface area contributed by atoms with Gasteiger partial charge in [-0.25, -0.2) is 9.37 Å². The molecule has 0 atom stereocenters. The van der Waals surface area contributed by atoms with Gasteiger partial charge in [0, 0.05) is 6.54 Å². The Labute approximate surface area is 141 Å². The number of halogens is 1. The van der Waals surface area contributed by atoms with E-state index < -0.39 is 11.5 Å². The van der Waals surface area contributed by atoms with Gasteiger partial charge in [-0.15, -0.1) is 0 Å². The van der Waals surface area contributed by atoms with Gasteiger partial charge in [-0.2, -0.15) is 0 Å². The summed E-state index contributed by atoms with van der Waals surface area (Å²) in [6.45, 7) is 2.32. The Balaban J connectivity index is 1.56. The number of amides is 1. The van der Waals surface area contributed by atoms with E-state index in [0.29, 0.717) is 31.1 Å². The highest BCUT2D eigenvalue weighted by molar-refractivity contribution is 6.06. The van der Waals surface area contributed by atoms with Crippen molar-refractivity contribution in [2.24, 2.45) is 0 Å². The smallest absolute Gasteiger partial charge is 0.262 e.